The molecule has 2 heteroatoms. The number of aromatic nitrogens is 1. The van der Waals surface area contributed by atoms with Gasteiger partial charge in [-0.1, -0.05) is 60.7 Å². The lowest BCUT2D eigenvalue weighted by Gasteiger charge is -2.06. The van der Waals surface area contributed by atoms with E-state index < -0.39 is 0 Å². The third kappa shape index (κ3) is 2.38. The average molecular weight is 249 g/mol. The molecule has 92 valence electrons. The topological polar surface area (TPSA) is 12.9 Å². The van der Waals surface area contributed by atoms with E-state index in [1.54, 1.807) is 6.07 Å². The van der Waals surface area contributed by atoms with E-state index in [0.717, 1.165) is 16.8 Å². The van der Waals surface area contributed by atoms with Crippen LogP contribution >= 0.6 is 0 Å². The van der Waals surface area contributed by atoms with Crippen LogP contribution in [0.4, 0.5) is 4.39 Å². The number of benzene rings is 2. The van der Waals surface area contributed by atoms with Crippen molar-refractivity contribution in [2.75, 3.05) is 0 Å². The monoisotopic (exact) mass is 249 g/mol. The molecule has 0 saturated heterocycles. The van der Waals surface area contributed by atoms with E-state index in [2.05, 4.69) is 4.98 Å². The van der Waals surface area contributed by atoms with Gasteiger partial charge in [0.2, 0.25) is 0 Å². The summed E-state index contributed by atoms with van der Waals surface area (Å²) >= 11 is 0. The van der Waals surface area contributed by atoms with Gasteiger partial charge in [0.1, 0.15) is 5.82 Å². The van der Waals surface area contributed by atoms with E-state index in [-0.39, 0.29) is 5.82 Å². The highest BCUT2D eigenvalue weighted by molar-refractivity contribution is 5.70. The molecular formula is C17H12FN. The molecule has 3 rings (SSSR count). The number of rotatable bonds is 2. The lowest BCUT2D eigenvalue weighted by molar-refractivity contribution is 0.625. The third-order valence-electron chi connectivity index (χ3n) is 3.01. The lowest BCUT2D eigenvalue weighted by atomic mass is 10.0. The van der Waals surface area contributed by atoms with Crippen LogP contribution < -0.4 is 0 Å². The summed E-state index contributed by atoms with van der Waals surface area (Å²) in [7, 11) is 0. The highest BCUT2D eigenvalue weighted by Gasteiger charge is 2.08. The van der Waals surface area contributed by atoms with Crippen molar-refractivity contribution in [1.29, 1.82) is 0 Å². The predicted molar refractivity (Wildman–Crippen MR) is 75.1 cm³/mol. The van der Waals surface area contributed by atoms with Crippen molar-refractivity contribution in [3.8, 4) is 22.4 Å². The van der Waals surface area contributed by atoms with Crippen LogP contribution in [0.15, 0.2) is 72.9 Å². The van der Waals surface area contributed by atoms with Crippen molar-refractivity contribution in [1.82, 2.24) is 4.98 Å². The quantitative estimate of drug-likeness (QED) is 0.649. The molecule has 2 aromatic carbocycles. The van der Waals surface area contributed by atoms with Crippen molar-refractivity contribution in [3.05, 3.63) is 78.7 Å². The van der Waals surface area contributed by atoms with Crippen LogP contribution in [-0.4, -0.2) is 4.98 Å². The summed E-state index contributed by atoms with van der Waals surface area (Å²) in [6.45, 7) is 0. The molecule has 3 aromatic rings. The van der Waals surface area contributed by atoms with Gasteiger partial charge in [-0.25, -0.2) is 4.39 Å². The lowest BCUT2D eigenvalue weighted by Crippen LogP contribution is -1.90. The minimum Gasteiger partial charge on any atom is -0.253 e. The molecule has 0 unspecified atom stereocenters. The molecule has 0 radical (unpaired) electrons. The molecule has 1 heterocycles. The maximum atomic E-state index is 13.9. The van der Waals surface area contributed by atoms with Crippen LogP contribution in [0.25, 0.3) is 22.4 Å². The average Bonchev–Trinajstić information content (AvgIpc) is 2.49. The summed E-state index contributed by atoms with van der Waals surface area (Å²) in [6.07, 6.45) is 1.28. The number of nitrogens with zero attached hydrogens (tertiary/aromatic N) is 1. The first-order valence-electron chi connectivity index (χ1n) is 6.11. The molecule has 0 N–H and O–H groups in total. The standard InChI is InChI=1S/C17H12FN/c18-16-12-19-17(14-9-5-2-6-10-14)11-15(16)13-7-3-1-4-8-13/h1-12H. The summed E-state index contributed by atoms with van der Waals surface area (Å²) in [5.74, 6) is -0.300. The van der Waals surface area contributed by atoms with Crippen LogP contribution in [0.2, 0.25) is 0 Å². The zero-order chi connectivity index (χ0) is 13.1. The van der Waals surface area contributed by atoms with Gasteiger partial charge in [-0.3, -0.25) is 4.98 Å². The second-order valence-electron chi connectivity index (χ2n) is 4.28. The highest BCUT2D eigenvalue weighted by atomic mass is 19.1. The van der Waals surface area contributed by atoms with Crippen LogP contribution in [0, 0.1) is 5.82 Å². The van der Waals surface area contributed by atoms with Crippen LogP contribution in [-0.2, 0) is 0 Å². The van der Waals surface area contributed by atoms with Crippen LogP contribution in [0.3, 0.4) is 0 Å². The molecule has 19 heavy (non-hydrogen) atoms. The molecule has 0 fully saturated rings. The van der Waals surface area contributed by atoms with Crippen molar-refractivity contribution in [3.63, 3.8) is 0 Å². The normalized spacial score (nSPS) is 10.4. The molecule has 0 atom stereocenters. The summed E-state index contributed by atoms with van der Waals surface area (Å²) < 4.78 is 13.9. The molecule has 1 aromatic heterocycles. The van der Waals surface area contributed by atoms with Crippen molar-refractivity contribution >= 4 is 0 Å². The summed E-state index contributed by atoms with van der Waals surface area (Å²) in [5, 5.41) is 0. The van der Waals surface area contributed by atoms with E-state index in [4.69, 9.17) is 0 Å². The summed E-state index contributed by atoms with van der Waals surface area (Å²) in [4.78, 5) is 4.16. The fourth-order valence-electron chi connectivity index (χ4n) is 2.04. The Morgan fingerprint density at radius 2 is 1.32 bits per heavy atom. The molecule has 1 nitrogen and oxygen atoms in total. The Morgan fingerprint density at radius 1 is 0.737 bits per heavy atom. The first-order chi connectivity index (χ1) is 9.34. The first kappa shape index (κ1) is 11.6. The Hall–Kier alpha value is -2.48. The molecular weight excluding hydrogens is 237 g/mol. The van der Waals surface area contributed by atoms with Crippen molar-refractivity contribution in [2.24, 2.45) is 0 Å². The van der Waals surface area contributed by atoms with Gasteiger partial charge in [0.05, 0.1) is 11.9 Å². The van der Waals surface area contributed by atoms with Gasteiger partial charge in [0, 0.05) is 11.1 Å². The van der Waals surface area contributed by atoms with Gasteiger partial charge in [0.25, 0.3) is 0 Å². The second kappa shape index (κ2) is 5.02. The van der Waals surface area contributed by atoms with E-state index in [9.17, 15) is 4.39 Å². The van der Waals surface area contributed by atoms with E-state index in [0.29, 0.717) is 5.56 Å². The van der Waals surface area contributed by atoms with Crippen molar-refractivity contribution < 1.29 is 4.39 Å². The second-order valence-corrected chi connectivity index (χ2v) is 4.28. The Labute approximate surface area is 111 Å². The van der Waals surface area contributed by atoms with Gasteiger partial charge < -0.3 is 0 Å². The molecule has 0 spiro atoms. The zero-order valence-corrected chi connectivity index (χ0v) is 10.3. The predicted octanol–water partition coefficient (Wildman–Crippen LogP) is 4.55. The maximum Gasteiger partial charge on any atom is 0.149 e. The Morgan fingerprint density at radius 3 is 1.95 bits per heavy atom. The number of hydrogen-bond acceptors (Lipinski definition) is 1. The van der Waals surface area contributed by atoms with Gasteiger partial charge in [-0.2, -0.15) is 0 Å². The molecule has 0 aliphatic heterocycles. The highest BCUT2D eigenvalue weighted by Crippen LogP contribution is 2.26. The molecule has 0 saturated carbocycles. The molecule has 0 bridgehead atoms. The Kier molecular flexibility index (Phi) is 3.07. The van der Waals surface area contributed by atoms with Gasteiger partial charge in [0.15, 0.2) is 0 Å². The molecule has 0 aliphatic carbocycles. The van der Waals surface area contributed by atoms with Gasteiger partial charge in [-0.05, 0) is 11.6 Å². The number of halogens is 1. The first-order valence-corrected chi connectivity index (χ1v) is 6.11. The third-order valence-corrected chi connectivity index (χ3v) is 3.01. The fraction of sp³-hybridized carbons (Fsp3) is 0. The molecule has 0 amide bonds. The van der Waals surface area contributed by atoms with Crippen LogP contribution in [0.5, 0.6) is 0 Å². The summed E-state index contributed by atoms with van der Waals surface area (Å²) in [5.41, 5.74) is 3.20. The summed E-state index contributed by atoms with van der Waals surface area (Å²) in [6, 6.07) is 21.1. The Balaban J connectivity index is 2.12. The van der Waals surface area contributed by atoms with E-state index in [1.807, 2.05) is 60.7 Å². The smallest absolute Gasteiger partial charge is 0.149 e. The minimum atomic E-state index is -0.300. The fourth-order valence-corrected chi connectivity index (χ4v) is 2.04. The van der Waals surface area contributed by atoms with E-state index in [1.165, 1.54) is 6.20 Å². The maximum absolute atomic E-state index is 13.9. The van der Waals surface area contributed by atoms with Crippen LogP contribution in [0.1, 0.15) is 0 Å². The largest absolute Gasteiger partial charge is 0.253 e. The zero-order valence-electron chi connectivity index (χ0n) is 10.3. The number of pyridine rings is 1. The van der Waals surface area contributed by atoms with Crippen molar-refractivity contribution in [2.45, 2.75) is 0 Å². The van der Waals surface area contributed by atoms with Gasteiger partial charge in [-0.15, -0.1) is 0 Å². The minimum absolute atomic E-state index is 0.300. The SMILES string of the molecule is Fc1cnc(-c2ccccc2)cc1-c1ccccc1. The Bertz CT molecular complexity index is 678. The van der Waals surface area contributed by atoms with E-state index >= 15 is 0 Å². The molecule has 0 aliphatic rings. The number of hydrogen-bond donors (Lipinski definition) is 0. The van der Waals surface area contributed by atoms with Gasteiger partial charge >= 0.3 is 0 Å².